The number of carbonyl (C=O) groups is 1. The number of nitrogens with zero attached hydrogens (tertiary/aromatic N) is 6. The van der Waals surface area contributed by atoms with E-state index < -0.39 is 0 Å². The Labute approximate surface area is 235 Å². The number of nitriles is 1. The fraction of sp³-hybridized carbons (Fsp3) is 0.406. The number of hydrogen-bond donors (Lipinski definition) is 0. The Morgan fingerprint density at radius 1 is 0.850 bits per heavy atom. The lowest BCUT2D eigenvalue weighted by atomic mass is 9.92. The number of amides is 1. The third-order valence-electron chi connectivity index (χ3n) is 8.68. The summed E-state index contributed by atoms with van der Waals surface area (Å²) < 4.78 is 13.2. The van der Waals surface area contributed by atoms with E-state index >= 15 is 0 Å². The number of benzene rings is 2. The number of piperazine rings is 1. The van der Waals surface area contributed by atoms with Crippen LogP contribution >= 0.6 is 0 Å². The van der Waals surface area contributed by atoms with Crippen molar-refractivity contribution in [1.82, 2.24) is 19.7 Å². The Morgan fingerprint density at radius 2 is 1.55 bits per heavy atom. The largest absolute Gasteiger partial charge is 0.353 e. The Bertz CT molecular complexity index is 1350. The van der Waals surface area contributed by atoms with E-state index in [9.17, 15) is 9.18 Å². The highest BCUT2D eigenvalue weighted by Crippen LogP contribution is 2.34. The molecule has 3 aliphatic rings. The van der Waals surface area contributed by atoms with Crippen molar-refractivity contribution in [2.24, 2.45) is 5.92 Å². The van der Waals surface area contributed by atoms with E-state index in [1.165, 1.54) is 17.7 Å². The molecule has 2 unspecified atom stereocenters. The molecule has 3 fully saturated rings. The van der Waals surface area contributed by atoms with Gasteiger partial charge in [-0.25, -0.2) is 9.37 Å². The molecule has 6 rings (SSSR count). The van der Waals surface area contributed by atoms with Crippen molar-refractivity contribution < 1.29 is 9.18 Å². The molecule has 7 nitrogen and oxygen atoms in total. The van der Waals surface area contributed by atoms with Crippen LogP contribution in [-0.4, -0.2) is 77.4 Å². The van der Waals surface area contributed by atoms with Crippen LogP contribution < -0.4 is 4.90 Å². The van der Waals surface area contributed by atoms with Crippen LogP contribution in [0.25, 0.3) is 0 Å². The molecule has 1 aromatic heterocycles. The van der Waals surface area contributed by atoms with E-state index in [-0.39, 0.29) is 11.7 Å². The van der Waals surface area contributed by atoms with Crippen LogP contribution in [0.2, 0.25) is 0 Å². The van der Waals surface area contributed by atoms with Gasteiger partial charge in [-0.15, -0.1) is 0 Å². The van der Waals surface area contributed by atoms with Gasteiger partial charge in [-0.1, -0.05) is 24.3 Å². The molecule has 0 saturated carbocycles. The van der Waals surface area contributed by atoms with Gasteiger partial charge in [0.1, 0.15) is 11.6 Å². The summed E-state index contributed by atoms with van der Waals surface area (Å²) in [7, 11) is 0. The predicted molar refractivity (Wildman–Crippen MR) is 152 cm³/mol. The highest BCUT2D eigenvalue weighted by Gasteiger charge is 2.38. The van der Waals surface area contributed by atoms with E-state index in [2.05, 4.69) is 32.9 Å². The number of piperidine rings is 1. The molecule has 4 heterocycles. The number of likely N-dealkylation sites (tertiary alicyclic amines) is 1. The molecule has 3 aliphatic heterocycles. The molecular weight excluding hydrogens is 503 g/mol. The maximum absolute atomic E-state index is 13.2. The summed E-state index contributed by atoms with van der Waals surface area (Å²) in [5, 5.41) is 9.03. The minimum Gasteiger partial charge on any atom is -0.353 e. The van der Waals surface area contributed by atoms with Crippen LogP contribution in [0, 0.1) is 23.1 Å². The summed E-state index contributed by atoms with van der Waals surface area (Å²) >= 11 is 0. The van der Waals surface area contributed by atoms with Gasteiger partial charge in [-0.2, -0.15) is 5.26 Å². The van der Waals surface area contributed by atoms with Crippen LogP contribution in [0.15, 0.2) is 66.9 Å². The predicted octanol–water partition coefficient (Wildman–Crippen LogP) is 4.15. The average Bonchev–Trinajstić information content (AvgIpc) is 3.42. The zero-order chi connectivity index (χ0) is 27.5. The van der Waals surface area contributed by atoms with Crippen LogP contribution in [0.4, 0.5) is 10.2 Å². The zero-order valence-corrected chi connectivity index (χ0v) is 22.8. The quantitative estimate of drug-likeness (QED) is 0.470. The summed E-state index contributed by atoms with van der Waals surface area (Å²) in [6.45, 7) is 7.76. The molecule has 0 aliphatic carbocycles. The van der Waals surface area contributed by atoms with E-state index in [0.29, 0.717) is 36.2 Å². The Kier molecular flexibility index (Phi) is 7.76. The van der Waals surface area contributed by atoms with Crippen molar-refractivity contribution in [1.29, 1.82) is 5.26 Å². The van der Waals surface area contributed by atoms with Gasteiger partial charge in [0.25, 0.3) is 5.91 Å². The molecule has 2 aromatic carbocycles. The van der Waals surface area contributed by atoms with E-state index in [1.807, 2.05) is 41.3 Å². The van der Waals surface area contributed by atoms with Crippen molar-refractivity contribution in [2.75, 3.05) is 50.7 Å². The maximum atomic E-state index is 13.2. The molecule has 8 heteroatoms. The van der Waals surface area contributed by atoms with Crippen molar-refractivity contribution in [2.45, 2.75) is 32.0 Å². The molecule has 0 spiro atoms. The van der Waals surface area contributed by atoms with Gasteiger partial charge in [-0.05, 0) is 66.3 Å². The highest BCUT2D eigenvalue weighted by atomic mass is 19.1. The van der Waals surface area contributed by atoms with Gasteiger partial charge in [0, 0.05) is 71.1 Å². The summed E-state index contributed by atoms with van der Waals surface area (Å²) in [4.78, 5) is 27.1. The zero-order valence-electron chi connectivity index (χ0n) is 22.8. The topological polar surface area (TPSA) is 66.7 Å². The molecule has 1 amide bonds. The first-order valence-corrected chi connectivity index (χ1v) is 14.3. The minimum absolute atomic E-state index is 0.0379. The number of halogens is 1. The third kappa shape index (κ3) is 5.86. The molecule has 3 aromatic rings. The minimum atomic E-state index is -0.218. The molecule has 0 radical (unpaired) electrons. The number of rotatable bonds is 6. The number of fused-ring (bicyclic) bond motifs is 1. The van der Waals surface area contributed by atoms with E-state index in [0.717, 1.165) is 70.0 Å². The molecule has 206 valence electrons. The lowest BCUT2D eigenvalue weighted by Gasteiger charge is -2.38. The summed E-state index contributed by atoms with van der Waals surface area (Å²) in [5.74, 6) is 1.40. The number of anilines is 1. The van der Waals surface area contributed by atoms with Crippen LogP contribution in [-0.2, 0) is 13.1 Å². The van der Waals surface area contributed by atoms with E-state index in [4.69, 9.17) is 10.2 Å². The number of pyridine rings is 1. The van der Waals surface area contributed by atoms with Gasteiger partial charge >= 0.3 is 0 Å². The normalized spacial score (nSPS) is 21.7. The van der Waals surface area contributed by atoms with Crippen LogP contribution in [0.3, 0.4) is 0 Å². The fourth-order valence-corrected chi connectivity index (χ4v) is 6.45. The number of hydrogen-bond acceptors (Lipinski definition) is 6. The second-order valence-electron chi connectivity index (χ2n) is 11.2. The van der Waals surface area contributed by atoms with Crippen molar-refractivity contribution in [3.63, 3.8) is 0 Å². The van der Waals surface area contributed by atoms with Crippen molar-refractivity contribution in [3.8, 4) is 6.07 Å². The first-order chi connectivity index (χ1) is 19.6. The van der Waals surface area contributed by atoms with Gasteiger partial charge < -0.3 is 9.80 Å². The molecule has 40 heavy (non-hydrogen) atoms. The summed E-state index contributed by atoms with van der Waals surface area (Å²) in [6.07, 6.45) is 4.00. The molecule has 3 saturated heterocycles. The van der Waals surface area contributed by atoms with Gasteiger partial charge in [0.2, 0.25) is 0 Å². The smallest absolute Gasteiger partial charge is 0.255 e. The molecule has 2 atom stereocenters. The van der Waals surface area contributed by atoms with Crippen LogP contribution in [0.5, 0.6) is 0 Å². The first-order valence-electron chi connectivity index (χ1n) is 14.3. The Hall–Kier alpha value is -3.80. The lowest BCUT2D eigenvalue weighted by Crippen LogP contribution is -2.48. The SMILES string of the molecule is N#Cc1ccc(CN2CCC3C(CCN3c3ccc(C(=O)N4CCN(Cc5ccc(F)cc5)CC4)cn3)C2)cc1. The Morgan fingerprint density at radius 3 is 2.23 bits per heavy atom. The monoisotopic (exact) mass is 538 g/mol. The number of carbonyl (C=O) groups excluding carboxylic acids is 1. The van der Waals surface area contributed by atoms with Gasteiger partial charge in [0.15, 0.2) is 0 Å². The summed E-state index contributed by atoms with van der Waals surface area (Å²) in [5.41, 5.74) is 3.68. The van der Waals surface area contributed by atoms with Gasteiger partial charge in [0.05, 0.1) is 17.2 Å². The number of aromatic nitrogens is 1. The van der Waals surface area contributed by atoms with Gasteiger partial charge in [-0.3, -0.25) is 14.6 Å². The fourth-order valence-electron chi connectivity index (χ4n) is 6.45. The standard InChI is InChI=1S/C32H35FN6O/c33-29-8-5-26(6-9-29)21-36-15-17-38(18-16-36)32(40)27-7-10-31(35-20-27)39-14-11-28-23-37(13-12-30(28)39)22-25-3-1-24(19-34)2-4-25/h1-10,20,28,30H,11-18,21-23H2. The Balaban J connectivity index is 1.000. The highest BCUT2D eigenvalue weighted by molar-refractivity contribution is 5.94. The average molecular weight is 539 g/mol. The molecular formula is C32H35FN6O. The third-order valence-corrected chi connectivity index (χ3v) is 8.68. The maximum Gasteiger partial charge on any atom is 0.255 e. The molecule has 0 bridgehead atoms. The van der Waals surface area contributed by atoms with Crippen molar-refractivity contribution >= 4 is 11.7 Å². The molecule has 0 N–H and O–H groups in total. The van der Waals surface area contributed by atoms with Crippen LogP contribution in [0.1, 0.15) is 39.9 Å². The summed E-state index contributed by atoms with van der Waals surface area (Å²) in [6, 6.07) is 21.2. The van der Waals surface area contributed by atoms with E-state index in [1.54, 1.807) is 6.20 Å². The van der Waals surface area contributed by atoms with Crippen molar-refractivity contribution in [3.05, 3.63) is 94.9 Å². The second kappa shape index (κ2) is 11.7. The lowest BCUT2D eigenvalue weighted by molar-refractivity contribution is 0.0628. The first kappa shape index (κ1) is 26.4. The second-order valence-corrected chi connectivity index (χ2v) is 11.2.